The lowest BCUT2D eigenvalue weighted by atomic mass is 9.76. The van der Waals surface area contributed by atoms with Crippen LogP contribution in [0.5, 0.6) is 0 Å². The highest BCUT2D eigenvalue weighted by atomic mass is 31.1. The van der Waals surface area contributed by atoms with Gasteiger partial charge in [-0.1, -0.05) is 38.3 Å². The Hall–Kier alpha value is -2.02. The van der Waals surface area contributed by atoms with Gasteiger partial charge in [0, 0.05) is 0 Å². The summed E-state index contributed by atoms with van der Waals surface area (Å²) in [6.07, 6.45) is 0. The van der Waals surface area contributed by atoms with E-state index in [9.17, 15) is 14.3 Å². The average Bonchev–Trinajstić information content (AvgIpc) is 2.44. The van der Waals surface area contributed by atoms with Crippen LogP contribution < -0.4 is 15.8 Å². The zero-order chi connectivity index (χ0) is 17.5. The summed E-state index contributed by atoms with van der Waals surface area (Å²) in [5.41, 5.74) is 0.472. The topological polar surface area (TPSA) is 94.1 Å². The van der Waals surface area contributed by atoms with Gasteiger partial charge in [-0.05, 0) is 35.4 Å². The van der Waals surface area contributed by atoms with E-state index in [4.69, 9.17) is 9.68 Å². The van der Waals surface area contributed by atoms with E-state index in [2.05, 4.69) is 27.7 Å². The van der Waals surface area contributed by atoms with E-state index in [0.717, 1.165) is 11.1 Å². The molecule has 0 saturated carbocycles. The van der Waals surface area contributed by atoms with E-state index < -0.39 is 19.2 Å². The molecule has 0 amide bonds. The summed E-state index contributed by atoms with van der Waals surface area (Å²) in [6.45, 7) is 10.2. The van der Waals surface area contributed by atoms with Crippen molar-refractivity contribution in [2.24, 2.45) is 5.41 Å². The average molecular weight is 331 g/mol. The molecule has 0 fully saturated rings. The Morgan fingerprint density at radius 3 is 2.43 bits per heavy atom. The molecule has 1 heterocycles. The van der Waals surface area contributed by atoms with Crippen LogP contribution in [-0.4, -0.2) is 0 Å². The second-order valence-electron chi connectivity index (χ2n) is 6.72. The van der Waals surface area contributed by atoms with Gasteiger partial charge < -0.3 is 9.31 Å². The molecule has 0 aliphatic carbocycles. The number of nitriles is 1. The fourth-order valence-corrected chi connectivity index (χ4v) is 3.46. The SMILES string of the molecule is Cc1c(C(C)C(C)(C)C)ccc2oc(=O)c(C#N)c([P+](=O)[O-])c12. The number of aryl methyl sites for hydroxylation is 1. The fraction of sp³-hybridized carbons (Fsp3) is 0.412. The zero-order valence-corrected chi connectivity index (χ0v) is 14.7. The van der Waals surface area contributed by atoms with Gasteiger partial charge in [0.1, 0.15) is 11.7 Å². The fourth-order valence-electron chi connectivity index (χ4n) is 2.67. The van der Waals surface area contributed by atoms with Crippen molar-refractivity contribution in [3.8, 4) is 6.07 Å². The first-order valence-corrected chi connectivity index (χ1v) is 8.42. The van der Waals surface area contributed by atoms with Crippen molar-refractivity contribution in [1.82, 2.24) is 0 Å². The van der Waals surface area contributed by atoms with Gasteiger partial charge in [0.2, 0.25) is 5.30 Å². The second kappa shape index (κ2) is 5.88. The quantitative estimate of drug-likeness (QED) is 0.623. The first kappa shape index (κ1) is 17.3. The first-order chi connectivity index (χ1) is 10.6. The van der Waals surface area contributed by atoms with Crippen LogP contribution in [0.3, 0.4) is 0 Å². The summed E-state index contributed by atoms with van der Waals surface area (Å²) in [7, 11) is -3.10. The zero-order valence-electron chi connectivity index (χ0n) is 13.8. The summed E-state index contributed by atoms with van der Waals surface area (Å²) in [5.74, 6) is 0.154. The van der Waals surface area contributed by atoms with Crippen molar-refractivity contribution in [3.05, 3.63) is 39.2 Å². The van der Waals surface area contributed by atoms with Gasteiger partial charge in [-0.25, -0.2) is 4.79 Å². The minimum Gasteiger partial charge on any atom is -0.591 e. The van der Waals surface area contributed by atoms with E-state index in [0.29, 0.717) is 5.39 Å². The van der Waals surface area contributed by atoms with Gasteiger partial charge >= 0.3 is 13.7 Å². The van der Waals surface area contributed by atoms with Gasteiger partial charge in [0.05, 0.1) is 5.39 Å². The van der Waals surface area contributed by atoms with Gasteiger partial charge in [-0.2, -0.15) is 5.26 Å². The molecule has 0 radical (unpaired) electrons. The predicted octanol–water partition coefficient (Wildman–Crippen LogP) is 2.85. The third-order valence-electron chi connectivity index (χ3n) is 4.41. The van der Waals surface area contributed by atoms with Gasteiger partial charge in [0.15, 0.2) is 5.56 Å². The van der Waals surface area contributed by atoms with Crippen LogP contribution in [0.1, 0.15) is 50.3 Å². The summed E-state index contributed by atoms with van der Waals surface area (Å²) < 4.78 is 16.8. The predicted molar refractivity (Wildman–Crippen MR) is 87.0 cm³/mol. The Morgan fingerprint density at radius 1 is 1.35 bits per heavy atom. The molecule has 2 atom stereocenters. The van der Waals surface area contributed by atoms with Gasteiger partial charge in [-0.15, -0.1) is 0 Å². The molecule has 23 heavy (non-hydrogen) atoms. The molecule has 2 aromatic rings. The third-order valence-corrected chi connectivity index (χ3v) is 5.22. The highest BCUT2D eigenvalue weighted by molar-refractivity contribution is 7.46. The maximum Gasteiger partial charge on any atom is 0.359 e. The van der Waals surface area contributed by atoms with Crippen LogP contribution in [0.25, 0.3) is 11.0 Å². The van der Waals surface area contributed by atoms with E-state index in [1.54, 1.807) is 19.1 Å². The van der Waals surface area contributed by atoms with E-state index in [-0.39, 0.29) is 22.2 Å². The van der Waals surface area contributed by atoms with Gasteiger partial charge in [-0.3, -0.25) is 0 Å². The van der Waals surface area contributed by atoms with Gasteiger partial charge in [0.25, 0.3) is 0 Å². The Kier molecular flexibility index (Phi) is 4.43. The summed E-state index contributed by atoms with van der Waals surface area (Å²) >= 11 is 0. The van der Waals surface area contributed by atoms with E-state index in [1.165, 1.54) is 0 Å². The van der Waals surface area contributed by atoms with Crippen molar-refractivity contribution < 1.29 is 13.9 Å². The van der Waals surface area contributed by atoms with Crippen molar-refractivity contribution in [2.45, 2.75) is 40.5 Å². The van der Waals surface area contributed by atoms with Crippen LogP contribution in [-0.2, 0) is 4.57 Å². The minimum absolute atomic E-state index is 0.0219. The molecule has 2 unspecified atom stereocenters. The number of fused-ring (bicyclic) bond motifs is 1. The lowest BCUT2D eigenvalue weighted by Gasteiger charge is -2.29. The molecule has 0 aliphatic heterocycles. The number of hydrogen-bond acceptors (Lipinski definition) is 5. The third kappa shape index (κ3) is 2.93. The van der Waals surface area contributed by atoms with Crippen molar-refractivity contribution in [3.63, 3.8) is 0 Å². The lowest BCUT2D eigenvalue weighted by Crippen LogP contribution is -2.22. The van der Waals surface area contributed by atoms with E-state index in [1.807, 2.05) is 6.07 Å². The highest BCUT2D eigenvalue weighted by Gasteiger charge is 2.29. The Balaban J connectivity index is 2.97. The number of rotatable bonds is 2. The molecule has 0 bridgehead atoms. The number of hydrogen-bond donors (Lipinski definition) is 0. The normalized spacial score (nSPS) is 13.7. The van der Waals surface area contributed by atoms with Crippen LogP contribution >= 0.6 is 8.03 Å². The maximum atomic E-state index is 11.8. The minimum atomic E-state index is -3.10. The summed E-state index contributed by atoms with van der Waals surface area (Å²) in [4.78, 5) is 23.5. The molecular formula is C17H18NO4P. The number of nitrogens with zero attached hydrogens (tertiary/aromatic N) is 1. The Bertz CT molecular complexity index is 900. The molecule has 6 heteroatoms. The molecule has 1 aromatic carbocycles. The highest BCUT2D eigenvalue weighted by Crippen LogP contribution is 2.38. The van der Waals surface area contributed by atoms with E-state index >= 15 is 0 Å². The van der Waals surface area contributed by atoms with Crippen molar-refractivity contribution in [1.29, 1.82) is 5.26 Å². The molecular weight excluding hydrogens is 313 g/mol. The van der Waals surface area contributed by atoms with Crippen molar-refractivity contribution in [2.75, 3.05) is 0 Å². The molecule has 120 valence electrons. The molecule has 0 spiro atoms. The molecule has 2 rings (SSSR count). The standard InChI is InChI=1S/C17H18NO4P/c1-9-11(10(2)17(3,4)5)6-7-13-14(9)15(23(20)21)12(8-18)16(19)22-13/h6-7,10H,1-5H3. The molecule has 0 N–H and O–H groups in total. The van der Waals surface area contributed by atoms with Crippen LogP contribution in [0.4, 0.5) is 0 Å². The Labute approximate surface area is 135 Å². The smallest absolute Gasteiger partial charge is 0.359 e. The van der Waals surface area contributed by atoms with Crippen LogP contribution in [0.2, 0.25) is 0 Å². The first-order valence-electron chi connectivity index (χ1n) is 7.24. The van der Waals surface area contributed by atoms with Crippen LogP contribution in [0.15, 0.2) is 21.3 Å². The van der Waals surface area contributed by atoms with Crippen LogP contribution in [0, 0.1) is 23.7 Å². The van der Waals surface area contributed by atoms with Crippen molar-refractivity contribution >= 4 is 24.3 Å². The number of benzene rings is 1. The molecule has 5 nitrogen and oxygen atoms in total. The second-order valence-corrected chi connectivity index (χ2v) is 7.68. The molecule has 0 saturated heterocycles. The monoisotopic (exact) mass is 331 g/mol. The molecule has 0 aliphatic rings. The maximum absolute atomic E-state index is 11.8. The molecule has 1 aromatic heterocycles. The summed E-state index contributed by atoms with van der Waals surface area (Å²) in [5, 5.41) is 9.21. The summed E-state index contributed by atoms with van der Waals surface area (Å²) in [6, 6.07) is 5.11. The lowest BCUT2D eigenvalue weighted by molar-refractivity contribution is -0.160. The Morgan fingerprint density at radius 2 is 1.96 bits per heavy atom. The largest absolute Gasteiger partial charge is 0.591 e.